The van der Waals surface area contributed by atoms with Gasteiger partial charge in [0.05, 0.1) is 6.10 Å². The van der Waals surface area contributed by atoms with Gasteiger partial charge in [0.1, 0.15) is 6.54 Å². The third kappa shape index (κ3) is 4.90. The van der Waals surface area contributed by atoms with Crippen molar-refractivity contribution in [3.05, 3.63) is 65.2 Å². The number of aliphatic hydroxyl groups excluding tert-OH is 1. The molecule has 1 N–H and O–H groups in total. The Bertz CT molecular complexity index is 805. The molecule has 1 saturated heterocycles. The summed E-state index contributed by atoms with van der Waals surface area (Å²) in [7, 11) is 0. The van der Waals surface area contributed by atoms with Crippen LogP contribution in [0.15, 0.2) is 53.4 Å². The standard InChI is InChI=1S/C21H24N2O3S/c1-15-3-5-16(6-4-15)11-22-12-18(24)13-23(14-20(22)25)21(26)17-7-9-19(27-2)10-8-17/h3-10,18,24H,11-14H2,1-2H3. The van der Waals surface area contributed by atoms with Gasteiger partial charge in [-0.05, 0) is 43.0 Å². The summed E-state index contributed by atoms with van der Waals surface area (Å²) in [6.45, 7) is 2.80. The molecular weight excluding hydrogens is 360 g/mol. The van der Waals surface area contributed by atoms with E-state index in [1.54, 1.807) is 28.8 Å². The maximum absolute atomic E-state index is 12.8. The van der Waals surface area contributed by atoms with Gasteiger partial charge < -0.3 is 14.9 Å². The van der Waals surface area contributed by atoms with Crippen molar-refractivity contribution < 1.29 is 14.7 Å². The Morgan fingerprint density at radius 3 is 2.41 bits per heavy atom. The minimum absolute atomic E-state index is 0.0218. The predicted molar refractivity (Wildman–Crippen MR) is 107 cm³/mol. The number of hydrogen-bond acceptors (Lipinski definition) is 4. The van der Waals surface area contributed by atoms with Gasteiger partial charge in [0.15, 0.2) is 0 Å². The maximum Gasteiger partial charge on any atom is 0.254 e. The van der Waals surface area contributed by atoms with Crippen molar-refractivity contribution in [1.29, 1.82) is 0 Å². The molecule has 1 aliphatic heterocycles. The topological polar surface area (TPSA) is 60.9 Å². The van der Waals surface area contributed by atoms with Gasteiger partial charge in [0, 0.05) is 30.1 Å². The van der Waals surface area contributed by atoms with Crippen molar-refractivity contribution in [3.63, 3.8) is 0 Å². The Labute approximate surface area is 164 Å². The summed E-state index contributed by atoms with van der Waals surface area (Å²) < 4.78 is 0. The Kier molecular flexibility index (Phi) is 6.19. The third-order valence-corrected chi connectivity index (χ3v) is 5.40. The van der Waals surface area contributed by atoms with Crippen molar-refractivity contribution in [3.8, 4) is 0 Å². The number of amides is 2. The number of aliphatic hydroxyl groups is 1. The van der Waals surface area contributed by atoms with Gasteiger partial charge in [-0.1, -0.05) is 29.8 Å². The molecule has 27 heavy (non-hydrogen) atoms. The van der Waals surface area contributed by atoms with Crippen LogP contribution >= 0.6 is 11.8 Å². The number of carbonyl (C=O) groups excluding carboxylic acids is 2. The zero-order valence-corrected chi connectivity index (χ0v) is 16.4. The molecule has 2 amide bonds. The van der Waals surface area contributed by atoms with E-state index in [0.29, 0.717) is 12.1 Å². The average Bonchev–Trinajstić information content (AvgIpc) is 2.81. The van der Waals surface area contributed by atoms with E-state index in [2.05, 4.69) is 0 Å². The summed E-state index contributed by atoms with van der Waals surface area (Å²) in [5, 5.41) is 10.4. The highest BCUT2D eigenvalue weighted by Gasteiger charge is 2.29. The van der Waals surface area contributed by atoms with Crippen LogP contribution < -0.4 is 0 Å². The summed E-state index contributed by atoms with van der Waals surface area (Å²) in [5.74, 6) is -0.381. The van der Waals surface area contributed by atoms with Gasteiger partial charge in [-0.25, -0.2) is 0 Å². The second kappa shape index (κ2) is 8.59. The summed E-state index contributed by atoms with van der Waals surface area (Å²) in [4.78, 5) is 29.6. The quantitative estimate of drug-likeness (QED) is 0.823. The van der Waals surface area contributed by atoms with E-state index in [-0.39, 0.29) is 31.4 Å². The number of benzene rings is 2. The van der Waals surface area contributed by atoms with Crippen molar-refractivity contribution in [1.82, 2.24) is 9.80 Å². The van der Waals surface area contributed by atoms with E-state index in [1.807, 2.05) is 49.6 Å². The molecule has 0 bridgehead atoms. The van der Waals surface area contributed by atoms with E-state index in [9.17, 15) is 14.7 Å². The van der Waals surface area contributed by atoms with Gasteiger partial charge in [-0.15, -0.1) is 11.8 Å². The number of thioether (sulfide) groups is 1. The lowest BCUT2D eigenvalue weighted by atomic mass is 10.1. The predicted octanol–water partition coefficient (Wildman–Crippen LogP) is 2.56. The van der Waals surface area contributed by atoms with Crippen molar-refractivity contribution >= 4 is 23.6 Å². The normalized spacial score (nSPS) is 17.7. The summed E-state index contributed by atoms with van der Waals surface area (Å²) >= 11 is 1.61. The Morgan fingerprint density at radius 2 is 1.78 bits per heavy atom. The number of carbonyl (C=O) groups is 2. The lowest BCUT2D eigenvalue weighted by Crippen LogP contribution is -2.39. The molecule has 1 atom stereocenters. The van der Waals surface area contributed by atoms with Crippen molar-refractivity contribution in [2.24, 2.45) is 0 Å². The Morgan fingerprint density at radius 1 is 1.11 bits per heavy atom. The fourth-order valence-electron chi connectivity index (χ4n) is 3.13. The SMILES string of the molecule is CSc1ccc(C(=O)N2CC(=O)N(Cc3ccc(C)cc3)CC(O)C2)cc1. The van der Waals surface area contributed by atoms with Crippen LogP contribution in [0.5, 0.6) is 0 Å². The van der Waals surface area contributed by atoms with E-state index in [4.69, 9.17) is 0 Å². The second-order valence-electron chi connectivity index (χ2n) is 6.83. The molecule has 1 heterocycles. The van der Waals surface area contributed by atoms with Gasteiger partial charge in [0.2, 0.25) is 5.91 Å². The molecule has 0 saturated carbocycles. The molecule has 1 unspecified atom stereocenters. The number of hydrogen-bond donors (Lipinski definition) is 1. The molecule has 3 rings (SSSR count). The Balaban J connectivity index is 1.71. The molecule has 5 nitrogen and oxygen atoms in total. The molecule has 1 fully saturated rings. The summed E-state index contributed by atoms with van der Waals surface area (Å²) in [5.41, 5.74) is 2.69. The first-order valence-electron chi connectivity index (χ1n) is 8.91. The van der Waals surface area contributed by atoms with Crippen LogP contribution in [0.3, 0.4) is 0 Å². The maximum atomic E-state index is 12.8. The van der Waals surface area contributed by atoms with Crippen molar-refractivity contribution in [2.45, 2.75) is 24.5 Å². The van der Waals surface area contributed by atoms with E-state index in [1.165, 1.54) is 4.90 Å². The second-order valence-corrected chi connectivity index (χ2v) is 7.71. The minimum atomic E-state index is -0.767. The molecule has 2 aromatic carbocycles. The average molecular weight is 385 g/mol. The number of rotatable bonds is 4. The molecule has 6 heteroatoms. The smallest absolute Gasteiger partial charge is 0.254 e. The third-order valence-electron chi connectivity index (χ3n) is 4.66. The van der Waals surface area contributed by atoms with Crippen LogP contribution in [0.4, 0.5) is 0 Å². The van der Waals surface area contributed by atoms with E-state index in [0.717, 1.165) is 16.0 Å². The molecule has 142 valence electrons. The van der Waals surface area contributed by atoms with E-state index < -0.39 is 6.10 Å². The highest BCUT2D eigenvalue weighted by atomic mass is 32.2. The molecule has 0 aromatic heterocycles. The van der Waals surface area contributed by atoms with Crippen molar-refractivity contribution in [2.75, 3.05) is 25.9 Å². The zero-order valence-electron chi connectivity index (χ0n) is 15.6. The Hall–Kier alpha value is -2.31. The number of aryl methyl sites for hydroxylation is 1. The van der Waals surface area contributed by atoms with E-state index >= 15 is 0 Å². The fraction of sp³-hybridized carbons (Fsp3) is 0.333. The number of nitrogens with zero attached hydrogens (tertiary/aromatic N) is 2. The van der Waals surface area contributed by atoms with Crippen LogP contribution in [0.1, 0.15) is 21.5 Å². The van der Waals surface area contributed by atoms with Crippen LogP contribution in [0.25, 0.3) is 0 Å². The minimum Gasteiger partial charge on any atom is -0.389 e. The summed E-state index contributed by atoms with van der Waals surface area (Å²) in [6, 6.07) is 15.3. The van der Waals surface area contributed by atoms with Gasteiger partial charge in [-0.2, -0.15) is 0 Å². The zero-order chi connectivity index (χ0) is 19.4. The lowest BCUT2D eigenvalue weighted by Gasteiger charge is -2.22. The first-order valence-corrected chi connectivity index (χ1v) is 10.1. The van der Waals surface area contributed by atoms with Gasteiger partial charge in [-0.3, -0.25) is 9.59 Å². The first kappa shape index (κ1) is 19.5. The molecule has 1 aliphatic rings. The van der Waals surface area contributed by atoms with Crippen LogP contribution in [-0.4, -0.2) is 58.7 Å². The summed E-state index contributed by atoms with van der Waals surface area (Å²) in [6.07, 6.45) is 1.21. The van der Waals surface area contributed by atoms with Crippen LogP contribution in [0.2, 0.25) is 0 Å². The highest BCUT2D eigenvalue weighted by molar-refractivity contribution is 7.98. The molecular formula is C21H24N2O3S. The van der Waals surface area contributed by atoms with Gasteiger partial charge >= 0.3 is 0 Å². The lowest BCUT2D eigenvalue weighted by molar-refractivity contribution is -0.131. The molecule has 0 spiro atoms. The van der Waals surface area contributed by atoms with Gasteiger partial charge in [0.25, 0.3) is 5.91 Å². The largest absolute Gasteiger partial charge is 0.389 e. The van der Waals surface area contributed by atoms with Crippen LogP contribution in [0, 0.1) is 6.92 Å². The first-order chi connectivity index (χ1) is 13.0. The molecule has 0 radical (unpaired) electrons. The highest BCUT2D eigenvalue weighted by Crippen LogP contribution is 2.17. The molecule has 0 aliphatic carbocycles. The van der Waals surface area contributed by atoms with Crippen LogP contribution in [-0.2, 0) is 11.3 Å². The molecule has 2 aromatic rings. The monoisotopic (exact) mass is 384 g/mol. The fourth-order valence-corrected chi connectivity index (χ4v) is 3.54. The number of β-amino-alcohol motifs (C(OH)–C–C–N with tert-alkyl or cyclic N) is 1.